The largest absolute Gasteiger partial charge is 2.00 e. The zero-order chi connectivity index (χ0) is 22.7. The van der Waals surface area contributed by atoms with Gasteiger partial charge in [0, 0.05) is 5.56 Å². The molecule has 0 atom stereocenters. The predicted molar refractivity (Wildman–Crippen MR) is 101 cm³/mol. The number of sulfonamides is 1. The zero-order valence-electron chi connectivity index (χ0n) is 16.0. The standard InChI is InChI=1S/C17H14F3N3O2S.CH2O3.Ca/c1-11-2-4-12(5-3-11)15-10-16(17(18,19)20)22-23(15)13-6-8-14(9-7-13)26(21,24)25;2-1(3)4;/h2-10H,1H3,(H2,21,24,25);(H2,2,3,4);/q;;+2/p-2. The van der Waals surface area contributed by atoms with Crippen LogP contribution >= 0.6 is 0 Å². The van der Waals surface area contributed by atoms with Crippen molar-refractivity contribution in [1.82, 2.24) is 9.78 Å². The molecule has 0 saturated heterocycles. The van der Waals surface area contributed by atoms with Gasteiger partial charge in [-0.3, -0.25) is 0 Å². The molecule has 31 heavy (non-hydrogen) atoms. The van der Waals surface area contributed by atoms with Gasteiger partial charge in [0.2, 0.25) is 10.0 Å². The minimum Gasteiger partial charge on any atom is -0.652 e. The Morgan fingerprint density at radius 2 is 1.52 bits per heavy atom. The Morgan fingerprint density at radius 3 is 1.94 bits per heavy atom. The fraction of sp³-hybridized carbons (Fsp3) is 0.111. The summed E-state index contributed by atoms with van der Waals surface area (Å²) in [6.07, 6.45) is -6.94. The molecule has 2 N–H and O–H groups in total. The van der Waals surface area contributed by atoms with Gasteiger partial charge >= 0.3 is 43.9 Å². The number of rotatable bonds is 3. The fourth-order valence-corrected chi connectivity index (χ4v) is 2.94. The van der Waals surface area contributed by atoms with Crippen molar-refractivity contribution in [1.29, 1.82) is 0 Å². The quantitative estimate of drug-likeness (QED) is 0.546. The van der Waals surface area contributed by atoms with Gasteiger partial charge in [0.25, 0.3) is 0 Å². The van der Waals surface area contributed by atoms with Crippen LogP contribution in [0.1, 0.15) is 11.3 Å². The van der Waals surface area contributed by atoms with E-state index in [9.17, 15) is 21.6 Å². The molecule has 0 spiro atoms. The summed E-state index contributed by atoms with van der Waals surface area (Å²) >= 11 is 0. The van der Waals surface area contributed by atoms with Gasteiger partial charge in [-0.25, -0.2) is 18.2 Å². The van der Waals surface area contributed by atoms with E-state index in [1.807, 2.05) is 6.92 Å². The molecule has 3 aromatic rings. The summed E-state index contributed by atoms with van der Waals surface area (Å²) in [6, 6.07) is 13.1. The number of carboxylic acid groups (broad SMARTS) is 2. The molecule has 0 unspecified atom stereocenters. The van der Waals surface area contributed by atoms with E-state index in [4.69, 9.17) is 20.1 Å². The van der Waals surface area contributed by atoms with E-state index in [0.717, 1.165) is 16.3 Å². The molecular weight excluding hydrogens is 467 g/mol. The third-order valence-corrected chi connectivity index (χ3v) is 4.69. The summed E-state index contributed by atoms with van der Waals surface area (Å²) in [5, 5.41) is 25.4. The number of benzene rings is 2. The molecule has 3 rings (SSSR count). The number of hydrogen-bond donors (Lipinski definition) is 1. The third-order valence-electron chi connectivity index (χ3n) is 3.76. The molecule has 0 radical (unpaired) electrons. The fourth-order valence-electron chi connectivity index (χ4n) is 2.42. The topological polar surface area (TPSA) is 141 Å². The van der Waals surface area contributed by atoms with Gasteiger partial charge in [0.15, 0.2) is 5.69 Å². The Kier molecular flexibility index (Phi) is 9.08. The van der Waals surface area contributed by atoms with Crippen LogP contribution in [-0.4, -0.2) is 62.1 Å². The van der Waals surface area contributed by atoms with E-state index in [2.05, 4.69) is 5.10 Å². The molecular formula is C18H14CaF3N3O5S. The van der Waals surface area contributed by atoms with Crippen LogP contribution in [0.2, 0.25) is 0 Å². The van der Waals surface area contributed by atoms with Crippen LogP contribution in [0.15, 0.2) is 59.5 Å². The number of carbonyl (C=O) groups excluding carboxylic acids is 1. The second kappa shape index (κ2) is 10.5. The van der Waals surface area contributed by atoms with Crippen molar-refractivity contribution in [2.24, 2.45) is 5.14 Å². The first-order valence-corrected chi connectivity index (χ1v) is 9.59. The summed E-state index contributed by atoms with van der Waals surface area (Å²) in [5.41, 5.74) is 0.996. The smallest absolute Gasteiger partial charge is 0.652 e. The first-order chi connectivity index (χ1) is 13.8. The van der Waals surface area contributed by atoms with Crippen molar-refractivity contribution in [3.63, 3.8) is 0 Å². The molecule has 8 nitrogen and oxygen atoms in total. The maximum atomic E-state index is 13.1. The maximum absolute atomic E-state index is 13.1. The van der Waals surface area contributed by atoms with Crippen molar-refractivity contribution >= 4 is 53.9 Å². The molecule has 0 amide bonds. The molecule has 0 fully saturated rings. The van der Waals surface area contributed by atoms with E-state index in [1.54, 1.807) is 24.3 Å². The number of alkyl halides is 3. The Balaban J connectivity index is 0.000000885. The predicted octanol–water partition coefficient (Wildman–Crippen LogP) is 0.686. The van der Waals surface area contributed by atoms with Gasteiger partial charge < -0.3 is 15.0 Å². The number of carbonyl (C=O) groups is 1. The maximum Gasteiger partial charge on any atom is 2.00 e. The van der Waals surface area contributed by atoms with E-state index < -0.39 is 28.0 Å². The molecule has 0 aliphatic rings. The zero-order valence-corrected chi connectivity index (χ0v) is 19.0. The van der Waals surface area contributed by atoms with E-state index in [0.29, 0.717) is 5.56 Å². The second-order valence-electron chi connectivity index (χ2n) is 5.98. The Hall–Kier alpha value is -2.12. The Morgan fingerprint density at radius 1 is 1.03 bits per heavy atom. The number of hydrogen-bond acceptors (Lipinski definition) is 6. The van der Waals surface area contributed by atoms with Crippen molar-refractivity contribution in [3.8, 4) is 16.9 Å². The monoisotopic (exact) mass is 481 g/mol. The summed E-state index contributed by atoms with van der Waals surface area (Å²) in [4.78, 5) is 8.20. The van der Waals surface area contributed by atoms with Crippen LogP contribution < -0.4 is 15.4 Å². The van der Waals surface area contributed by atoms with Gasteiger partial charge in [-0.2, -0.15) is 18.3 Å². The minimum atomic E-state index is -4.61. The van der Waals surface area contributed by atoms with Crippen molar-refractivity contribution in [2.75, 3.05) is 0 Å². The summed E-state index contributed by atoms with van der Waals surface area (Å²) in [5.74, 6) is 0. The number of aryl methyl sites for hydroxylation is 1. The van der Waals surface area contributed by atoms with Crippen LogP contribution in [-0.2, 0) is 16.2 Å². The number of primary sulfonamides is 1. The number of aromatic nitrogens is 2. The Labute approximate surface area is 205 Å². The van der Waals surface area contributed by atoms with Crippen molar-refractivity contribution in [3.05, 3.63) is 65.9 Å². The number of nitrogens with zero attached hydrogens (tertiary/aromatic N) is 2. The van der Waals surface area contributed by atoms with E-state index in [1.165, 1.54) is 24.3 Å². The van der Waals surface area contributed by atoms with Crippen molar-refractivity contribution in [2.45, 2.75) is 18.0 Å². The molecule has 1 heterocycles. The van der Waals surface area contributed by atoms with Crippen LogP contribution in [0.3, 0.4) is 0 Å². The molecule has 0 bridgehead atoms. The number of nitrogens with two attached hydrogens (primary N) is 1. The van der Waals surface area contributed by atoms with Gasteiger partial charge in [-0.05, 0) is 43.4 Å². The third kappa shape index (κ3) is 7.51. The van der Waals surface area contributed by atoms with E-state index in [-0.39, 0.29) is 54.0 Å². The molecule has 13 heteroatoms. The minimum absolute atomic E-state index is 0. The van der Waals surface area contributed by atoms with Gasteiger partial charge in [-0.15, -0.1) is 0 Å². The van der Waals surface area contributed by atoms with E-state index >= 15 is 0 Å². The van der Waals surface area contributed by atoms with Gasteiger partial charge in [-0.1, -0.05) is 29.8 Å². The first kappa shape index (κ1) is 26.9. The average molecular weight is 481 g/mol. The van der Waals surface area contributed by atoms with Crippen LogP contribution in [0.25, 0.3) is 16.9 Å². The van der Waals surface area contributed by atoms with Crippen LogP contribution in [0, 0.1) is 6.92 Å². The number of halogens is 3. The first-order valence-electron chi connectivity index (χ1n) is 8.04. The summed E-state index contributed by atoms with van der Waals surface area (Å²) in [6.45, 7) is 1.87. The SMILES string of the molecule is Cc1ccc(-c2cc(C(F)(F)F)nn2-c2ccc(S(N)(=O)=O)cc2)cc1.O=C([O-])[O-].[Ca+2]. The molecule has 0 saturated carbocycles. The molecule has 0 aliphatic carbocycles. The van der Waals surface area contributed by atoms with Gasteiger partial charge in [0.05, 0.1) is 16.3 Å². The normalized spacial score (nSPS) is 11.1. The molecule has 160 valence electrons. The summed E-state index contributed by atoms with van der Waals surface area (Å²) < 4.78 is 63.2. The molecule has 0 aliphatic heterocycles. The summed E-state index contributed by atoms with van der Waals surface area (Å²) in [7, 11) is -3.90. The van der Waals surface area contributed by atoms with Crippen LogP contribution in [0.4, 0.5) is 18.0 Å². The molecule has 1 aromatic heterocycles. The average Bonchev–Trinajstić information content (AvgIpc) is 3.07. The van der Waals surface area contributed by atoms with Crippen LogP contribution in [0.5, 0.6) is 0 Å². The van der Waals surface area contributed by atoms with Gasteiger partial charge in [0.1, 0.15) is 0 Å². The van der Waals surface area contributed by atoms with Crippen molar-refractivity contribution < 1.29 is 36.6 Å². The Bertz CT molecular complexity index is 1140. The molecule has 2 aromatic carbocycles. The second-order valence-corrected chi connectivity index (χ2v) is 7.54.